The number of thiazole rings is 1. The third-order valence-corrected chi connectivity index (χ3v) is 6.10. The number of hydrogen-bond donors (Lipinski definition) is 2. The van der Waals surface area contributed by atoms with Crippen LogP contribution in [-0.4, -0.2) is 28.5 Å². The van der Waals surface area contributed by atoms with E-state index in [0.29, 0.717) is 13.0 Å². The van der Waals surface area contributed by atoms with Crippen molar-refractivity contribution in [1.82, 2.24) is 10.3 Å². The molecule has 6 heteroatoms. The fraction of sp³-hybridized carbons (Fsp3) is 0.389. The van der Waals surface area contributed by atoms with Crippen molar-refractivity contribution < 1.29 is 14.7 Å². The maximum atomic E-state index is 12.5. The van der Waals surface area contributed by atoms with Crippen LogP contribution in [0.25, 0.3) is 0 Å². The van der Waals surface area contributed by atoms with Gasteiger partial charge in [0.2, 0.25) is 5.91 Å². The number of benzene rings is 1. The molecule has 24 heavy (non-hydrogen) atoms. The maximum Gasteiger partial charge on any atom is 0.355 e. The Hall–Kier alpha value is -2.21. The molecule has 2 aromatic rings. The van der Waals surface area contributed by atoms with Gasteiger partial charge in [-0.15, -0.1) is 11.3 Å². The molecule has 1 saturated carbocycles. The number of rotatable bonds is 5. The molecule has 0 bridgehead atoms. The zero-order chi connectivity index (χ0) is 16.7. The summed E-state index contributed by atoms with van der Waals surface area (Å²) in [6, 6.07) is 8.45. The molecule has 5 nitrogen and oxygen atoms in total. The lowest BCUT2D eigenvalue weighted by atomic mass is 9.95. The predicted molar refractivity (Wildman–Crippen MR) is 90.3 cm³/mol. The summed E-state index contributed by atoms with van der Waals surface area (Å²) in [5, 5.41) is 14.1. The van der Waals surface area contributed by atoms with Crippen molar-refractivity contribution in [3.05, 3.63) is 51.5 Å². The van der Waals surface area contributed by atoms with Gasteiger partial charge in [0.1, 0.15) is 0 Å². The Balaban J connectivity index is 1.33. The minimum atomic E-state index is -1.01. The van der Waals surface area contributed by atoms with Gasteiger partial charge in [0.25, 0.3) is 0 Å². The minimum Gasteiger partial charge on any atom is -0.476 e. The molecule has 2 aliphatic carbocycles. The lowest BCUT2D eigenvalue weighted by Crippen LogP contribution is -2.29. The number of aromatic carboxylic acids is 1. The SMILES string of the molecule is O=C(O)c1csc(CCNC(=O)C2CC23CCc2ccccc23)n1. The van der Waals surface area contributed by atoms with Crippen molar-refractivity contribution in [1.29, 1.82) is 0 Å². The second-order valence-corrected chi connectivity index (χ2v) is 7.49. The molecular formula is C18H18N2O3S. The van der Waals surface area contributed by atoms with Crippen LogP contribution < -0.4 is 5.32 Å². The molecule has 124 valence electrons. The van der Waals surface area contributed by atoms with Crippen LogP contribution in [0.3, 0.4) is 0 Å². The number of carbonyl (C=O) groups is 2. The summed E-state index contributed by atoms with van der Waals surface area (Å²) in [5.74, 6) is -0.824. The molecule has 1 spiro atoms. The lowest BCUT2D eigenvalue weighted by molar-refractivity contribution is -0.122. The van der Waals surface area contributed by atoms with Crippen LogP contribution in [-0.2, 0) is 23.1 Å². The van der Waals surface area contributed by atoms with Crippen LogP contribution in [0.2, 0.25) is 0 Å². The van der Waals surface area contributed by atoms with Gasteiger partial charge >= 0.3 is 5.97 Å². The van der Waals surface area contributed by atoms with Crippen molar-refractivity contribution in [2.45, 2.75) is 31.1 Å². The first-order chi connectivity index (χ1) is 11.6. The highest BCUT2D eigenvalue weighted by atomic mass is 32.1. The molecule has 1 fully saturated rings. The molecule has 1 amide bonds. The summed E-state index contributed by atoms with van der Waals surface area (Å²) in [4.78, 5) is 27.3. The van der Waals surface area contributed by atoms with E-state index in [1.165, 1.54) is 27.8 Å². The summed E-state index contributed by atoms with van der Waals surface area (Å²) in [6.45, 7) is 0.500. The Bertz CT molecular complexity index is 816. The smallest absolute Gasteiger partial charge is 0.355 e. The van der Waals surface area contributed by atoms with Crippen LogP contribution in [0.1, 0.15) is 39.5 Å². The average molecular weight is 342 g/mol. The molecule has 4 rings (SSSR count). The van der Waals surface area contributed by atoms with Gasteiger partial charge in [0.15, 0.2) is 5.69 Å². The Labute approximate surface area is 143 Å². The normalized spacial score (nSPS) is 23.9. The van der Waals surface area contributed by atoms with Gasteiger partial charge in [0, 0.05) is 29.7 Å². The predicted octanol–water partition coefficient (Wildman–Crippen LogP) is 2.40. The van der Waals surface area contributed by atoms with E-state index in [1.807, 2.05) is 0 Å². The summed E-state index contributed by atoms with van der Waals surface area (Å²) in [7, 11) is 0. The second kappa shape index (κ2) is 5.70. The zero-order valence-corrected chi connectivity index (χ0v) is 13.9. The Morgan fingerprint density at radius 1 is 1.38 bits per heavy atom. The van der Waals surface area contributed by atoms with E-state index >= 15 is 0 Å². The molecule has 2 aliphatic rings. The van der Waals surface area contributed by atoms with Gasteiger partial charge < -0.3 is 10.4 Å². The van der Waals surface area contributed by atoms with Crippen molar-refractivity contribution in [3.8, 4) is 0 Å². The molecule has 2 unspecified atom stereocenters. The highest BCUT2D eigenvalue weighted by Crippen LogP contribution is 2.61. The first kappa shape index (κ1) is 15.3. The van der Waals surface area contributed by atoms with Crippen molar-refractivity contribution >= 4 is 23.2 Å². The van der Waals surface area contributed by atoms with E-state index < -0.39 is 5.97 Å². The molecule has 2 N–H and O–H groups in total. The van der Waals surface area contributed by atoms with E-state index in [4.69, 9.17) is 5.11 Å². The van der Waals surface area contributed by atoms with E-state index in [9.17, 15) is 9.59 Å². The largest absolute Gasteiger partial charge is 0.476 e. The topological polar surface area (TPSA) is 79.3 Å². The summed E-state index contributed by atoms with van der Waals surface area (Å²) in [6.07, 6.45) is 3.65. The fourth-order valence-corrected chi connectivity index (χ4v) is 4.65. The Morgan fingerprint density at radius 3 is 3.00 bits per heavy atom. The van der Waals surface area contributed by atoms with Gasteiger partial charge in [-0.3, -0.25) is 4.79 Å². The van der Waals surface area contributed by atoms with Gasteiger partial charge in [-0.25, -0.2) is 9.78 Å². The number of hydrogen-bond acceptors (Lipinski definition) is 4. The lowest BCUT2D eigenvalue weighted by Gasteiger charge is -2.11. The van der Waals surface area contributed by atoms with E-state index in [2.05, 4.69) is 34.6 Å². The molecule has 0 radical (unpaired) electrons. The first-order valence-corrected chi connectivity index (χ1v) is 9.02. The van der Waals surface area contributed by atoms with Crippen LogP contribution in [0.5, 0.6) is 0 Å². The number of carbonyl (C=O) groups excluding carboxylic acids is 1. The number of nitrogens with one attached hydrogen (secondary N) is 1. The van der Waals surface area contributed by atoms with E-state index in [0.717, 1.165) is 24.3 Å². The van der Waals surface area contributed by atoms with E-state index in [1.54, 1.807) is 0 Å². The molecule has 2 atom stereocenters. The minimum absolute atomic E-state index is 0.0678. The number of carboxylic acids is 1. The average Bonchev–Trinajstić information content (AvgIpc) is 2.92. The summed E-state index contributed by atoms with van der Waals surface area (Å²) >= 11 is 1.32. The number of amides is 1. The highest BCUT2D eigenvalue weighted by molar-refractivity contribution is 7.09. The second-order valence-electron chi connectivity index (χ2n) is 6.54. The third kappa shape index (κ3) is 2.51. The zero-order valence-electron chi connectivity index (χ0n) is 13.1. The van der Waals surface area contributed by atoms with Crippen molar-refractivity contribution in [3.63, 3.8) is 0 Å². The van der Waals surface area contributed by atoms with Crippen LogP contribution in [0.15, 0.2) is 29.6 Å². The molecule has 0 aliphatic heterocycles. The van der Waals surface area contributed by atoms with Crippen LogP contribution >= 0.6 is 11.3 Å². The third-order valence-electron chi connectivity index (χ3n) is 5.19. The number of nitrogens with zero attached hydrogens (tertiary/aromatic N) is 1. The van der Waals surface area contributed by atoms with Crippen LogP contribution in [0.4, 0.5) is 0 Å². The van der Waals surface area contributed by atoms with Gasteiger partial charge in [-0.1, -0.05) is 24.3 Å². The number of aryl methyl sites for hydroxylation is 1. The Kier molecular flexibility index (Phi) is 3.64. The monoisotopic (exact) mass is 342 g/mol. The standard InChI is InChI=1S/C18H18N2O3S/c21-16(19-8-6-15-20-14(10-24-15)17(22)23)13-9-18(13)7-5-11-3-1-2-4-12(11)18/h1-4,10,13H,5-9H2,(H,19,21)(H,22,23). The summed E-state index contributed by atoms with van der Waals surface area (Å²) in [5.41, 5.74) is 2.89. The van der Waals surface area contributed by atoms with Crippen molar-refractivity contribution in [2.24, 2.45) is 5.92 Å². The van der Waals surface area contributed by atoms with Gasteiger partial charge in [0.05, 0.1) is 5.01 Å². The van der Waals surface area contributed by atoms with E-state index in [-0.39, 0.29) is 22.9 Å². The first-order valence-electron chi connectivity index (χ1n) is 8.14. The molecule has 1 heterocycles. The number of aromatic nitrogens is 1. The van der Waals surface area contributed by atoms with Gasteiger partial charge in [-0.2, -0.15) is 0 Å². The van der Waals surface area contributed by atoms with Crippen LogP contribution in [0, 0.1) is 5.92 Å². The quantitative estimate of drug-likeness (QED) is 0.874. The molecule has 0 saturated heterocycles. The molecule has 1 aromatic heterocycles. The van der Waals surface area contributed by atoms with Crippen molar-refractivity contribution in [2.75, 3.05) is 6.54 Å². The Morgan fingerprint density at radius 2 is 2.21 bits per heavy atom. The molecular weight excluding hydrogens is 324 g/mol. The molecule has 1 aromatic carbocycles. The fourth-order valence-electron chi connectivity index (χ4n) is 3.88. The maximum absolute atomic E-state index is 12.5. The summed E-state index contributed by atoms with van der Waals surface area (Å²) < 4.78 is 0. The highest BCUT2D eigenvalue weighted by Gasteiger charge is 2.61. The van der Waals surface area contributed by atoms with Gasteiger partial charge in [-0.05, 0) is 30.4 Å². The number of carboxylic acid groups (broad SMARTS) is 1. The number of fused-ring (bicyclic) bond motifs is 2.